The van der Waals surface area contributed by atoms with Crippen LogP contribution in [0, 0.1) is 11.8 Å². The molecule has 0 saturated carbocycles. The van der Waals surface area contributed by atoms with Gasteiger partial charge in [0.05, 0.1) is 5.92 Å². The molecule has 6 nitrogen and oxygen atoms in total. The number of nitrogens with zero attached hydrogens (tertiary/aromatic N) is 1. The van der Waals surface area contributed by atoms with Crippen LogP contribution in [0.25, 0.3) is 0 Å². The van der Waals surface area contributed by atoms with Crippen LogP contribution in [-0.4, -0.2) is 53.3 Å². The number of hydrogen-bond acceptors (Lipinski definition) is 4. The van der Waals surface area contributed by atoms with Crippen LogP contribution >= 0.6 is 0 Å². The number of ether oxygens (including phenoxy) is 1. The maximum atomic E-state index is 12.1. The van der Waals surface area contributed by atoms with Gasteiger partial charge in [0, 0.05) is 19.1 Å². The number of likely N-dealkylation sites (tertiary alicyclic amines) is 1. The van der Waals surface area contributed by atoms with Crippen LogP contribution < -0.4 is 5.32 Å². The van der Waals surface area contributed by atoms with Crippen molar-refractivity contribution in [1.82, 2.24) is 10.2 Å². The van der Waals surface area contributed by atoms with Crippen molar-refractivity contribution in [2.24, 2.45) is 11.8 Å². The summed E-state index contributed by atoms with van der Waals surface area (Å²) >= 11 is 0. The summed E-state index contributed by atoms with van der Waals surface area (Å²) in [6.45, 7) is 11.1. The first-order chi connectivity index (χ1) is 9.58. The first-order valence-corrected chi connectivity index (χ1v) is 7.52. The highest BCUT2D eigenvalue weighted by molar-refractivity contribution is 5.73. The van der Waals surface area contributed by atoms with E-state index in [2.05, 4.69) is 19.2 Å². The zero-order valence-corrected chi connectivity index (χ0v) is 13.7. The molecule has 21 heavy (non-hydrogen) atoms. The molecule has 0 radical (unpaired) electrons. The Bertz CT molecular complexity index is 376. The highest BCUT2D eigenvalue weighted by atomic mass is 16.6. The number of piperidine rings is 1. The third kappa shape index (κ3) is 6.33. The van der Waals surface area contributed by atoms with Crippen molar-refractivity contribution >= 4 is 12.1 Å². The first kappa shape index (κ1) is 17.8. The highest BCUT2D eigenvalue weighted by Gasteiger charge is 2.35. The molecule has 1 aliphatic heterocycles. The van der Waals surface area contributed by atoms with Crippen LogP contribution in [0.3, 0.4) is 0 Å². The van der Waals surface area contributed by atoms with E-state index in [0.29, 0.717) is 18.9 Å². The topological polar surface area (TPSA) is 78.9 Å². The number of carbonyl (C=O) groups excluding carboxylic acids is 1. The summed E-state index contributed by atoms with van der Waals surface area (Å²) < 4.78 is 5.35. The number of aliphatic carboxylic acids is 1. The van der Waals surface area contributed by atoms with Crippen molar-refractivity contribution in [2.45, 2.75) is 52.7 Å². The molecule has 1 rings (SSSR count). The van der Waals surface area contributed by atoms with Crippen molar-refractivity contribution in [2.75, 3.05) is 19.6 Å². The Morgan fingerprint density at radius 2 is 1.95 bits per heavy atom. The molecule has 2 N–H and O–H groups in total. The summed E-state index contributed by atoms with van der Waals surface area (Å²) in [7, 11) is 0. The van der Waals surface area contributed by atoms with Crippen molar-refractivity contribution in [3.05, 3.63) is 0 Å². The van der Waals surface area contributed by atoms with Crippen LogP contribution in [0.1, 0.15) is 41.0 Å². The second kappa shape index (κ2) is 7.11. The Labute approximate surface area is 126 Å². The number of hydrogen-bond donors (Lipinski definition) is 2. The molecule has 0 aromatic heterocycles. The lowest BCUT2D eigenvalue weighted by Gasteiger charge is -2.37. The van der Waals surface area contributed by atoms with Gasteiger partial charge in [0.15, 0.2) is 0 Å². The molecule has 0 aromatic rings. The normalized spacial score (nSPS) is 23.2. The molecule has 0 spiro atoms. The van der Waals surface area contributed by atoms with Gasteiger partial charge in [-0.3, -0.25) is 4.79 Å². The summed E-state index contributed by atoms with van der Waals surface area (Å²) in [4.78, 5) is 24.9. The number of carboxylic acid groups (broad SMARTS) is 1. The number of carbonyl (C=O) groups is 2. The van der Waals surface area contributed by atoms with E-state index < -0.39 is 23.6 Å². The monoisotopic (exact) mass is 300 g/mol. The summed E-state index contributed by atoms with van der Waals surface area (Å²) in [5.41, 5.74) is -0.575. The van der Waals surface area contributed by atoms with Gasteiger partial charge in [-0.05, 0) is 39.7 Å². The maximum Gasteiger partial charge on any atom is 0.410 e. The number of rotatable bonds is 4. The molecule has 0 unspecified atom stereocenters. The minimum Gasteiger partial charge on any atom is -0.481 e. The predicted molar refractivity (Wildman–Crippen MR) is 80.2 cm³/mol. The zero-order valence-electron chi connectivity index (χ0n) is 13.7. The van der Waals surface area contributed by atoms with Crippen molar-refractivity contribution in [1.29, 1.82) is 0 Å². The van der Waals surface area contributed by atoms with Crippen LogP contribution in [0.4, 0.5) is 4.79 Å². The lowest BCUT2D eigenvalue weighted by molar-refractivity contribution is -0.143. The lowest BCUT2D eigenvalue weighted by atomic mass is 9.94. The van der Waals surface area contributed by atoms with Gasteiger partial charge in [-0.15, -0.1) is 0 Å². The van der Waals surface area contributed by atoms with E-state index >= 15 is 0 Å². The SMILES string of the molecule is CC(C)CN[C@H]1C[C@@H](C(=O)O)CN(C(=O)OC(C)(C)C)C1. The summed E-state index contributed by atoms with van der Waals surface area (Å²) in [5.74, 6) is -0.930. The van der Waals surface area contributed by atoms with Crippen LogP contribution in [-0.2, 0) is 9.53 Å². The standard InChI is InChI=1S/C15H28N2O4/c1-10(2)7-16-12-6-11(13(18)19)8-17(9-12)14(20)21-15(3,4)5/h10-12,16H,6-9H2,1-5H3,(H,18,19)/t11-,12+/m1/s1. The zero-order chi connectivity index (χ0) is 16.2. The lowest BCUT2D eigenvalue weighted by Crippen LogP contribution is -2.54. The molecule has 0 aromatic carbocycles. The smallest absolute Gasteiger partial charge is 0.410 e. The molecule has 2 atom stereocenters. The van der Waals surface area contributed by atoms with Gasteiger partial charge in [-0.2, -0.15) is 0 Å². The quantitative estimate of drug-likeness (QED) is 0.829. The number of nitrogens with one attached hydrogen (secondary N) is 1. The summed E-state index contributed by atoms with van der Waals surface area (Å²) in [6, 6.07) is -0.00484. The predicted octanol–water partition coefficient (Wildman–Crippen LogP) is 1.94. The fraction of sp³-hybridized carbons (Fsp3) is 0.867. The number of carboxylic acids is 1. The Kier molecular flexibility index (Phi) is 6.01. The van der Waals surface area contributed by atoms with E-state index in [4.69, 9.17) is 4.74 Å². The Hall–Kier alpha value is -1.30. The third-order valence-corrected chi connectivity index (χ3v) is 3.27. The minimum absolute atomic E-state index is 0.00484. The molecule has 0 aliphatic carbocycles. The molecule has 1 amide bonds. The molecular weight excluding hydrogens is 272 g/mol. The van der Waals surface area contributed by atoms with E-state index in [9.17, 15) is 14.7 Å². The molecule has 1 fully saturated rings. The van der Waals surface area contributed by atoms with Gasteiger partial charge in [0.1, 0.15) is 5.60 Å². The Morgan fingerprint density at radius 3 is 2.43 bits per heavy atom. The fourth-order valence-electron chi connectivity index (χ4n) is 2.30. The van der Waals surface area contributed by atoms with E-state index in [1.54, 1.807) is 20.8 Å². The number of amides is 1. The highest BCUT2D eigenvalue weighted by Crippen LogP contribution is 2.20. The van der Waals surface area contributed by atoms with E-state index in [1.165, 1.54) is 4.90 Å². The largest absolute Gasteiger partial charge is 0.481 e. The van der Waals surface area contributed by atoms with Crippen LogP contribution in [0.15, 0.2) is 0 Å². The van der Waals surface area contributed by atoms with Gasteiger partial charge < -0.3 is 20.1 Å². The van der Waals surface area contributed by atoms with E-state index in [-0.39, 0.29) is 12.6 Å². The molecule has 122 valence electrons. The first-order valence-electron chi connectivity index (χ1n) is 7.52. The molecule has 0 bridgehead atoms. The summed E-state index contributed by atoms with van der Waals surface area (Å²) in [5, 5.41) is 12.6. The van der Waals surface area contributed by atoms with Gasteiger partial charge in [0.2, 0.25) is 0 Å². The van der Waals surface area contributed by atoms with E-state index in [1.807, 2.05) is 0 Å². The van der Waals surface area contributed by atoms with Crippen molar-refractivity contribution < 1.29 is 19.4 Å². The van der Waals surface area contributed by atoms with Crippen LogP contribution in [0.5, 0.6) is 0 Å². The van der Waals surface area contributed by atoms with Gasteiger partial charge >= 0.3 is 12.1 Å². The second-order valence-electron chi connectivity index (χ2n) is 7.16. The summed E-state index contributed by atoms with van der Waals surface area (Å²) in [6.07, 6.45) is 0.103. The van der Waals surface area contributed by atoms with Crippen molar-refractivity contribution in [3.8, 4) is 0 Å². The minimum atomic E-state index is -0.861. The van der Waals surface area contributed by atoms with Gasteiger partial charge in [-0.1, -0.05) is 13.8 Å². The average Bonchev–Trinajstić information content (AvgIpc) is 2.33. The fourth-order valence-corrected chi connectivity index (χ4v) is 2.30. The molecular formula is C15H28N2O4. The van der Waals surface area contributed by atoms with Gasteiger partial charge in [0.25, 0.3) is 0 Å². The van der Waals surface area contributed by atoms with E-state index in [0.717, 1.165) is 6.54 Å². The molecule has 1 heterocycles. The third-order valence-electron chi connectivity index (χ3n) is 3.27. The van der Waals surface area contributed by atoms with Crippen molar-refractivity contribution in [3.63, 3.8) is 0 Å². The molecule has 6 heteroatoms. The Balaban J connectivity index is 2.69. The molecule has 1 saturated heterocycles. The second-order valence-corrected chi connectivity index (χ2v) is 7.16. The maximum absolute atomic E-state index is 12.1. The average molecular weight is 300 g/mol. The molecule has 1 aliphatic rings. The Morgan fingerprint density at radius 1 is 1.33 bits per heavy atom. The van der Waals surface area contributed by atoms with Gasteiger partial charge in [-0.25, -0.2) is 4.79 Å². The van der Waals surface area contributed by atoms with Crippen LogP contribution in [0.2, 0.25) is 0 Å².